The molecule has 1 amide bonds. The van der Waals surface area contributed by atoms with Crippen LogP contribution in [0.3, 0.4) is 0 Å². The summed E-state index contributed by atoms with van der Waals surface area (Å²) in [6.07, 6.45) is 1.83. The number of nitrogens with zero attached hydrogens (tertiary/aromatic N) is 2. The maximum absolute atomic E-state index is 13.1. The van der Waals surface area contributed by atoms with Crippen LogP contribution in [0.1, 0.15) is 39.2 Å². The van der Waals surface area contributed by atoms with Gasteiger partial charge < -0.3 is 18.7 Å². The molecule has 0 bridgehead atoms. The predicted molar refractivity (Wildman–Crippen MR) is 134 cm³/mol. The van der Waals surface area contributed by atoms with E-state index in [9.17, 15) is 13.2 Å². The molecule has 3 rings (SSSR count). The summed E-state index contributed by atoms with van der Waals surface area (Å²) in [7, 11) is -4.20. The molecule has 0 aromatic heterocycles. The molecule has 34 heavy (non-hydrogen) atoms. The fourth-order valence-corrected chi connectivity index (χ4v) is 5.23. The summed E-state index contributed by atoms with van der Waals surface area (Å²) in [5.41, 5.74) is 1.40. The number of anilines is 1. The van der Waals surface area contributed by atoms with Gasteiger partial charge in [-0.15, -0.1) is 0 Å². The number of amides is 1. The molecular weight excluding hydrogens is 499 g/mol. The van der Waals surface area contributed by atoms with Crippen LogP contribution in [0.5, 0.6) is 5.75 Å². The Morgan fingerprint density at radius 1 is 1.12 bits per heavy atom. The van der Waals surface area contributed by atoms with Crippen LogP contribution in [0.25, 0.3) is 0 Å². The summed E-state index contributed by atoms with van der Waals surface area (Å²) < 4.78 is 37.5. The summed E-state index contributed by atoms with van der Waals surface area (Å²) in [4.78, 5) is 16.0. The molecular formula is C24H30Cl2N2O5S. The van der Waals surface area contributed by atoms with Crippen molar-refractivity contribution in [1.82, 2.24) is 4.90 Å². The quantitative estimate of drug-likeness (QED) is 0.397. The number of carbonyl (C=O) groups is 1. The number of hydrogen-bond acceptors (Lipinski definition) is 6. The fraction of sp³-hybridized carbons (Fsp3) is 0.458. The summed E-state index contributed by atoms with van der Waals surface area (Å²) in [5.74, 6) is 0.0377. The van der Waals surface area contributed by atoms with Crippen molar-refractivity contribution in [3.63, 3.8) is 0 Å². The van der Waals surface area contributed by atoms with Crippen molar-refractivity contribution in [2.24, 2.45) is 0 Å². The van der Waals surface area contributed by atoms with E-state index >= 15 is 0 Å². The zero-order chi connectivity index (χ0) is 24.9. The summed E-state index contributed by atoms with van der Waals surface area (Å²) in [6.45, 7) is 8.33. The summed E-state index contributed by atoms with van der Waals surface area (Å²) in [5, 5.41) is 0.360. The monoisotopic (exact) mass is 528 g/mol. The first-order valence-electron chi connectivity index (χ1n) is 11.3. The van der Waals surface area contributed by atoms with Gasteiger partial charge >= 0.3 is 10.1 Å². The van der Waals surface area contributed by atoms with E-state index in [4.69, 9.17) is 32.1 Å². The van der Waals surface area contributed by atoms with Crippen molar-refractivity contribution in [1.29, 1.82) is 0 Å². The van der Waals surface area contributed by atoms with Gasteiger partial charge in [-0.1, -0.05) is 29.3 Å². The lowest BCUT2D eigenvalue weighted by Crippen LogP contribution is -2.35. The van der Waals surface area contributed by atoms with Crippen molar-refractivity contribution >= 4 is 44.9 Å². The van der Waals surface area contributed by atoms with E-state index in [2.05, 4.69) is 4.90 Å². The molecule has 1 aliphatic rings. The van der Waals surface area contributed by atoms with Crippen LogP contribution in [0.2, 0.25) is 10.0 Å². The second-order valence-corrected chi connectivity index (χ2v) is 10.5. The molecule has 0 aliphatic carbocycles. The Morgan fingerprint density at radius 2 is 1.85 bits per heavy atom. The van der Waals surface area contributed by atoms with Gasteiger partial charge in [-0.05, 0) is 51.0 Å². The Kier molecular flexibility index (Phi) is 9.09. The van der Waals surface area contributed by atoms with E-state index in [0.717, 1.165) is 31.6 Å². The Bertz CT molecular complexity index is 1120. The first-order chi connectivity index (χ1) is 16.1. The maximum Gasteiger partial charge on any atom is 0.339 e. The van der Waals surface area contributed by atoms with E-state index in [0.29, 0.717) is 18.7 Å². The SMILES string of the molecule is CCN(CC)c1ccc(CN(CC2CCCO2)C(C)=O)c(OS(=O)(=O)c2ccc(Cl)c(Cl)c2)c1. The van der Waals surface area contributed by atoms with Crippen LogP contribution in [0.4, 0.5) is 5.69 Å². The van der Waals surface area contributed by atoms with Gasteiger partial charge in [-0.3, -0.25) is 4.79 Å². The second-order valence-electron chi connectivity index (χ2n) is 8.11. The molecule has 0 saturated carbocycles. The van der Waals surface area contributed by atoms with Crippen molar-refractivity contribution in [3.8, 4) is 5.75 Å². The summed E-state index contributed by atoms with van der Waals surface area (Å²) >= 11 is 12.0. The molecule has 2 aromatic rings. The van der Waals surface area contributed by atoms with E-state index in [-0.39, 0.29) is 39.2 Å². The minimum absolute atomic E-state index is 0.0249. The molecule has 1 fully saturated rings. The van der Waals surface area contributed by atoms with Gasteiger partial charge in [0.25, 0.3) is 0 Å². The van der Waals surface area contributed by atoms with Gasteiger partial charge in [-0.25, -0.2) is 0 Å². The normalized spacial score (nSPS) is 15.9. The fourth-order valence-electron chi connectivity index (χ4n) is 3.88. The molecule has 0 N–H and O–H groups in total. The van der Waals surface area contributed by atoms with Crippen LogP contribution in [0.15, 0.2) is 41.3 Å². The van der Waals surface area contributed by atoms with E-state index < -0.39 is 10.1 Å². The van der Waals surface area contributed by atoms with Crippen molar-refractivity contribution < 1.29 is 22.1 Å². The molecule has 10 heteroatoms. The van der Waals surface area contributed by atoms with E-state index in [1.165, 1.54) is 25.1 Å². The molecule has 1 saturated heterocycles. The minimum atomic E-state index is -4.20. The largest absolute Gasteiger partial charge is 0.379 e. The highest BCUT2D eigenvalue weighted by Gasteiger charge is 2.25. The number of hydrogen-bond donors (Lipinski definition) is 0. The average molecular weight is 529 g/mol. The predicted octanol–water partition coefficient (Wildman–Crippen LogP) is 5.13. The molecule has 2 aromatic carbocycles. The standard InChI is InChI=1S/C24H30Cl2N2O5S/c1-4-27(5-2)19-9-8-18(15-28(17(3)29)16-20-7-6-12-32-20)24(13-19)33-34(30,31)21-10-11-22(25)23(26)14-21/h8-11,13-14,20H,4-7,12,15-16H2,1-3H3. The topological polar surface area (TPSA) is 76.2 Å². The van der Waals surface area contributed by atoms with Crippen molar-refractivity contribution in [3.05, 3.63) is 52.0 Å². The Morgan fingerprint density at radius 3 is 2.44 bits per heavy atom. The van der Waals surface area contributed by atoms with Crippen LogP contribution in [-0.2, 0) is 26.2 Å². The number of rotatable bonds is 10. The highest BCUT2D eigenvalue weighted by Crippen LogP contribution is 2.32. The van der Waals surface area contributed by atoms with Crippen LogP contribution in [-0.4, -0.2) is 51.6 Å². The molecule has 0 radical (unpaired) electrons. The zero-order valence-electron chi connectivity index (χ0n) is 19.6. The lowest BCUT2D eigenvalue weighted by Gasteiger charge is -2.26. The molecule has 186 valence electrons. The Hall–Kier alpha value is -2.00. The third kappa shape index (κ3) is 6.56. The van der Waals surface area contributed by atoms with Gasteiger partial charge in [0, 0.05) is 57.0 Å². The lowest BCUT2D eigenvalue weighted by atomic mass is 10.1. The first-order valence-corrected chi connectivity index (χ1v) is 13.5. The van der Waals surface area contributed by atoms with Crippen LogP contribution in [0, 0.1) is 0 Å². The third-order valence-corrected chi connectivity index (χ3v) is 7.78. The number of carbonyl (C=O) groups excluding carboxylic acids is 1. The van der Waals surface area contributed by atoms with Gasteiger partial charge in [0.2, 0.25) is 5.91 Å². The zero-order valence-corrected chi connectivity index (χ0v) is 21.9. The number of benzene rings is 2. The van der Waals surface area contributed by atoms with Gasteiger partial charge in [0.1, 0.15) is 10.6 Å². The minimum Gasteiger partial charge on any atom is -0.379 e. The maximum atomic E-state index is 13.1. The first kappa shape index (κ1) is 26.6. The van der Waals surface area contributed by atoms with E-state index in [1.807, 2.05) is 19.9 Å². The second kappa shape index (κ2) is 11.6. The Labute approximate surface area is 211 Å². The molecule has 1 atom stereocenters. The molecule has 7 nitrogen and oxygen atoms in total. The van der Waals surface area contributed by atoms with Crippen molar-refractivity contribution in [2.75, 3.05) is 31.1 Å². The highest BCUT2D eigenvalue weighted by molar-refractivity contribution is 7.87. The highest BCUT2D eigenvalue weighted by atomic mass is 35.5. The number of ether oxygens (including phenoxy) is 1. The Balaban J connectivity index is 1.96. The van der Waals surface area contributed by atoms with Crippen molar-refractivity contribution in [2.45, 2.75) is 51.2 Å². The smallest absolute Gasteiger partial charge is 0.339 e. The van der Waals surface area contributed by atoms with Crippen LogP contribution < -0.4 is 9.08 Å². The average Bonchev–Trinajstić information content (AvgIpc) is 3.30. The molecule has 1 unspecified atom stereocenters. The molecule has 0 spiro atoms. The van der Waals surface area contributed by atoms with Crippen LogP contribution >= 0.6 is 23.2 Å². The van der Waals surface area contributed by atoms with Gasteiger partial charge in [0.15, 0.2) is 0 Å². The third-order valence-electron chi connectivity index (χ3n) is 5.81. The molecule has 1 aliphatic heterocycles. The van der Waals surface area contributed by atoms with Gasteiger partial charge in [0.05, 0.1) is 16.1 Å². The summed E-state index contributed by atoms with van der Waals surface area (Å²) in [6, 6.07) is 9.42. The van der Waals surface area contributed by atoms with Gasteiger partial charge in [-0.2, -0.15) is 8.42 Å². The lowest BCUT2D eigenvalue weighted by molar-refractivity contribution is -0.131. The number of halogens is 2. The molecule has 1 heterocycles. The van der Waals surface area contributed by atoms with E-state index in [1.54, 1.807) is 17.0 Å².